The minimum atomic E-state index is -0.463. The molecule has 0 aromatic heterocycles. The molecule has 1 fully saturated rings. The summed E-state index contributed by atoms with van der Waals surface area (Å²) >= 11 is 3.52. The molecule has 4 rings (SSSR count). The Morgan fingerprint density at radius 3 is 2.43 bits per heavy atom. The van der Waals surface area contributed by atoms with Crippen LogP contribution in [0.1, 0.15) is 16.7 Å². The highest BCUT2D eigenvalue weighted by molar-refractivity contribution is 9.10. The lowest BCUT2D eigenvalue weighted by Gasteiger charge is -2.11. The van der Waals surface area contributed by atoms with Crippen molar-refractivity contribution in [3.63, 3.8) is 0 Å². The first-order valence-corrected chi connectivity index (χ1v) is 10.2. The number of imide groups is 1. The van der Waals surface area contributed by atoms with Crippen LogP contribution in [0.2, 0.25) is 0 Å². The van der Waals surface area contributed by atoms with E-state index in [2.05, 4.69) is 33.4 Å². The zero-order chi connectivity index (χ0) is 21.1. The van der Waals surface area contributed by atoms with Crippen LogP contribution in [0, 0.1) is 6.92 Å². The van der Waals surface area contributed by atoms with E-state index in [1.165, 1.54) is 5.56 Å². The van der Waals surface area contributed by atoms with Crippen LogP contribution < -0.4 is 15.0 Å². The molecule has 0 aliphatic carbocycles. The van der Waals surface area contributed by atoms with Crippen LogP contribution in [0.5, 0.6) is 5.75 Å². The summed E-state index contributed by atoms with van der Waals surface area (Å²) in [6.45, 7) is 2.50. The highest BCUT2D eigenvalue weighted by Crippen LogP contribution is 2.29. The minimum Gasteiger partial charge on any atom is -0.488 e. The van der Waals surface area contributed by atoms with Gasteiger partial charge in [0.1, 0.15) is 18.1 Å². The third-order valence-electron chi connectivity index (χ3n) is 4.67. The summed E-state index contributed by atoms with van der Waals surface area (Å²) < 4.78 is 6.65. The van der Waals surface area contributed by atoms with E-state index in [0.717, 1.165) is 20.5 Å². The normalized spacial score (nSPS) is 14.9. The number of carbonyl (C=O) groups excluding carboxylic acids is 2. The first kappa shape index (κ1) is 19.9. The maximum Gasteiger partial charge on any atom is 0.333 e. The van der Waals surface area contributed by atoms with Crippen LogP contribution in [-0.2, 0) is 11.4 Å². The van der Waals surface area contributed by atoms with Crippen molar-refractivity contribution >= 4 is 39.6 Å². The Morgan fingerprint density at radius 2 is 1.73 bits per heavy atom. The molecule has 1 N–H and O–H groups in total. The molecular weight excluding hydrogens is 444 g/mol. The number of benzene rings is 3. The van der Waals surface area contributed by atoms with Gasteiger partial charge >= 0.3 is 6.03 Å². The third-order valence-corrected chi connectivity index (χ3v) is 5.29. The van der Waals surface area contributed by atoms with Gasteiger partial charge in [-0.15, -0.1) is 0 Å². The fourth-order valence-corrected chi connectivity index (χ4v) is 3.59. The van der Waals surface area contributed by atoms with Gasteiger partial charge in [-0.05, 0) is 64.3 Å². The Bertz CT molecular complexity index is 1120. The number of para-hydroxylation sites is 1. The number of rotatable bonds is 5. The molecule has 1 saturated heterocycles. The zero-order valence-corrected chi connectivity index (χ0v) is 17.8. The monoisotopic (exact) mass is 462 g/mol. The molecule has 0 bridgehead atoms. The number of carbonyl (C=O) groups is 2. The predicted molar refractivity (Wildman–Crippen MR) is 120 cm³/mol. The lowest BCUT2D eigenvalue weighted by atomic mass is 10.1. The van der Waals surface area contributed by atoms with Gasteiger partial charge in [0, 0.05) is 0 Å². The summed E-state index contributed by atoms with van der Waals surface area (Å²) in [5, 5.41) is 2.64. The van der Waals surface area contributed by atoms with Crippen molar-refractivity contribution in [2.24, 2.45) is 0 Å². The summed E-state index contributed by atoms with van der Waals surface area (Å²) in [6, 6.07) is 22.1. The van der Waals surface area contributed by atoms with Crippen LogP contribution in [0.15, 0.2) is 83.0 Å². The molecule has 30 heavy (non-hydrogen) atoms. The maximum atomic E-state index is 12.7. The summed E-state index contributed by atoms with van der Waals surface area (Å²) in [5.41, 5.74) is 3.81. The van der Waals surface area contributed by atoms with Gasteiger partial charge in [0.2, 0.25) is 0 Å². The van der Waals surface area contributed by atoms with E-state index in [9.17, 15) is 9.59 Å². The first-order valence-electron chi connectivity index (χ1n) is 9.41. The second-order valence-electron chi connectivity index (χ2n) is 6.93. The van der Waals surface area contributed by atoms with Crippen LogP contribution >= 0.6 is 15.9 Å². The van der Waals surface area contributed by atoms with Gasteiger partial charge in [-0.3, -0.25) is 4.79 Å². The second-order valence-corrected chi connectivity index (χ2v) is 7.78. The number of anilines is 1. The van der Waals surface area contributed by atoms with Crippen LogP contribution in [0.3, 0.4) is 0 Å². The molecule has 3 aromatic rings. The number of urea groups is 1. The smallest absolute Gasteiger partial charge is 0.333 e. The number of nitrogens with zero attached hydrogens (tertiary/aromatic N) is 1. The molecule has 3 amide bonds. The number of halogens is 1. The van der Waals surface area contributed by atoms with Crippen molar-refractivity contribution in [3.05, 3.63) is 99.7 Å². The number of amides is 3. The van der Waals surface area contributed by atoms with Gasteiger partial charge < -0.3 is 10.1 Å². The maximum absolute atomic E-state index is 12.7. The van der Waals surface area contributed by atoms with Gasteiger partial charge in [0.05, 0.1) is 10.2 Å². The standard InChI is InChI=1S/C24H19BrN2O3/c1-16-7-9-17(10-8-16)15-30-22-12-11-18(13-20(22)25)14-21-23(28)27(24(29)26-21)19-5-3-2-4-6-19/h2-14H,15H2,1H3,(H,26,29)/b21-14+. The average molecular weight is 463 g/mol. The number of hydrogen-bond donors (Lipinski definition) is 1. The molecule has 0 atom stereocenters. The number of ether oxygens (including phenoxy) is 1. The number of nitrogens with one attached hydrogen (secondary N) is 1. The zero-order valence-electron chi connectivity index (χ0n) is 16.3. The third kappa shape index (κ3) is 4.28. The summed E-state index contributed by atoms with van der Waals surface area (Å²) in [5.74, 6) is 0.312. The molecule has 1 aliphatic rings. The van der Waals surface area contributed by atoms with E-state index in [1.807, 2.05) is 43.3 Å². The van der Waals surface area contributed by atoms with Crippen LogP contribution in [0.25, 0.3) is 6.08 Å². The molecule has 1 aliphatic heterocycles. The van der Waals surface area contributed by atoms with Crippen LogP contribution in [-0.4, -0.2) is 11.9 Å². The Balaban J connectivity index is 1.49. The average Bonchev–Trinajstić information content (AvgIpc) is 3.02. The molecule has 1 heterocycles. The predicted octanol–water partition coefficient (Wildman–Crippen LogP) is 5.43. The van der Waals surface area contributed by atoms with E-state index in [4.69, 9.17) is 4.74 Å². The van der Waals surface area contributed by atoms with Crippen molar-refractivity contribution in [2.45, 2.75) is 13.5 Å². The lowest BCUT2D eigenvalue weighted by molar-refractivity contribution is -0.113. The Labute approximate surface area is 183 Å². The van der Waals surface area contributed by atoms with Gasteiger partial charge in [-0.25, -0.2) is 9.69 Å². The Morgan fingerprint density at radius 1 is 1.00 bits per heavy atom. The van der Waals surface area contributed by atoms with E-state index >= 15 is 0 Å². The lowest BCUT2D eigenvalue weighted by Crippen LogP contribution is -2.30. The molecule has 0 saturated carbocycles. The second kappa shape index (κ2) is 8.55. The highest BCUT2D eigenvalue weighted by Gasteiger charge is 2.34. The quantitative estimate of drug-likeness (QED) is 0.405. The molecule has 6 heteroatoms. The van der Waals surface area contributed by atoms with Crippen molar-refractivity contribution in [1.29, 1.82) is 0 Å². The van der Waals surface area contributed by atoms with Gasteiger partial charge in [-0.2, -0.15) is 0 Å². The fraction of sp³-hybridized carbons (Fsp3) is 0.0833. The van der Waals surface area contributed by atoms with Gasteiger partial charge in [0.25, 0.3) is 5.91 Å². The molecule has 0 unspecified atom stereocenters. The molecule has 0 spiro atoms. The Kier molecular flexibility index (Phi) is 5.68. The molecule has 150 valence electrons. The highest BCUT2D eigenvalue weighted by atomic mass is 79.9. The fourth-order valence-electron chi connectivity index (χ4n) is 3.08. The van der Waals surface area contributed by atoms with Crippen molar-refractivity contribution in [3.8, 4) is 5.75 Å². The SMILES string of the molecule is Cc1ccc(COc2ccc(/C=C3/NC(=O)N(c4ccccc4)C3=O)cc2Br)cc1. The van der Waals surface area contributed by atoms with E-state index in [0.29, 0.717) is 18.0 Å². The topological polar surface area (TPSA) is 58.6 Å². The van der Waals surface area contributed by atoms with Gasteiger partial charge in [-0.1, -0.05) is 54.1 Å². The number of aryl methyl sites for hydroxylation is 1. The molecule has 0 radical (unpaired) electrons. The van der Waals surface area contributed by atoms with Crippen molar-refractivity contribution < 1.29 is 14.3 Å². The first-order chi connectivity index (χ1) is 14.5. The summed E-state index contributed by atoms with van der Waals surface area (Å²) in [6.07, 6.45) is 1.65. The van der Waals surface area contributed by atoms with E-state index < -0.39 is 6.03 Å². The van der Waals surface area contributed by atoms with Crippen molar-refractivity contribution in [2.75, 3.05) is 4.90 Å². The molecular formula is C24H19BrN2O3. The summed E-state index contributed by atoms with van der Waals surface area (Å²) in [7, 11) is 0. The van der Waals surface area contributed by atoms with Crippen molar-refractivity contribution in [1.82, 2.24) is 5.32 Å². The van der Waals surface area contributed by atoms with Gasteiger partial charge in [0.15, 0.2) is 0 Å². The summed E-state index contributed by atoms with van der Waals surface area (Å²) in [4.78, 5) is 26.1. The minimum absolute atomic E-state index is 0.226. The molecule has 5 nitrogen and oxygen atoms in total. The van der Waals surface area contributed by atoms with E-state index in [1.54, 1.807) is 30.3 Å². The number of hydrogen-bond acceptors (Lipinski definition) is 3. The Hall–Kier alpha value is -3.38. The van der Waals surface area contributed by atoms with E-state index in [-0.39, 0.29) is 11.6 Å². The molecule has 3 aromatic carbocycles. The van der Waals surface area contributed by atoms with Crippen LogP contribution in [0.4, 0.5) is 10.5 Å². The largest absolute Gasteiger partial charge is 0.488 e.